The number of rotatable bonds is 4. The molecule has 16 heavy (non-hydrogen) atoms. The summed E-state index contributed by atoms with van der Waals surface area (Å²) in [5, 5.41) is 0. The third-order valence-corrected chi connectivity index (χ3v) is 4.14. The topological polar surface area (TPSA) is 32.5 Å². The molecule has 1 saturated carbocycles. The summed E-state index contributed by atoms with van der Waals surface area (Å²) in [5.41, 5.74) is 6.57. The molecule has 0 bridgehead atoms. The van der Waals surface area contributed by atoms with Crippen molar-refractivity contribution in [3.8, 4) is 0 Å². The first-order chi connectivity index (χ1) is 7.72. The first-order valence-corrected chi connectivity index (χ1v) is 6.95. The fourth-order valence-corrected chi connectivity index (χ4v) is 3.17. The van der Waals surface area contributed by atoms with Gasteiger partial charge in [0.1, 0.15) is 0 Å². The van der Waals surface area contributed by atoms with Gasteiger partial charge in [-0.2, -0.15) is 0 Å². The molecule has 0 aromatic carbocycles. The molecule has 1 aliphatic heterocycles. The van der Waals surface area contributed by atoms with Gasteiger partial charge in [-0.25, -0.2) is 0 Å². The second kappa shape index (κ2) is 5.48. The zero-order valence-corrected chi connectivity index (χ0v) is 10.7. The maximum absolute atomic E-state index is 6.43. The predicted molar refractivity (Wildman–Crippen MR) is 68.6 cm³/mol. The van der Waals surface area contributed by atoms with Gasteiger partial charge in [0, 0.05) is 38.3 Å². The summed E-state index contributed by atoms with van der Waals surface area (Å²) >= 11 is 0. The molecule has 2 rings (SSSR count). The van der Waals surface area contributed by atoms with Crippen LogP contribution < -0.4 is 5.73 Å². The van der Waals surface area contributed by atoms with Gasteiger partial charge in [0.05, 0.1) is 0 Å². The summed E-state index contributed by atoms with van der Waals surface area (Å²) in [6, 6.07) is 0. The molecule has 0 aromatic heterocycles. The van der Waals surface area contributed by atoms with Crippen molar-refractivity contribution in [2.24, 2.45) is 5.73 Å². The monoisotopic (exact) mass is 225 g/mol. The van der Waals surface area contributed by atoms with Crippen LogP contribution in [0.25, 0.3) is 0 Å². The van der Waals surface area contributed by atoms with Crippen molar-refractivity contribution in [2.75, 3.05) is 39.3 Å². The summed E-state index contributed by atoms with van der Waals surface area (Å²) < 4.78 is 0. The van der Waals surface area contributed by atoms with E-state index < -0.39 is 0 Å². The van der Waals surface area contributed by atoms with Crippen LogP contribution in [0, 0.1) is 0 Å². The van der Waals surface area contributed by atoms with E-state index in [1.54, 1.807) is 0 Å². The zero-order chi connectivity index (χ0) is 11.4. The fourth-order valence-electron chi connectivity index (χ4n) is 3.17. The van der Waals surface area contributed by atoms with Gasteiger partial charge < -0.3 is 10.6 Å². The van der Waals surface area contributed by atoms with Crippen LogP contribution in [0.2, 0.25) is 0 Å². The maximum atomic E-state index is 6.43. The van der Waals surface area contributed by atoms with E-state index in [1.165, 1.54) is 64.8 Å². The van der Waals surface area contributed by atoms with Gasteiger partial charge >= 0.3 is 0 Å². The van der Waals surface area contributed by atoms with Crippen molar-refractivity contribution >= 4 is 0 Å². The lowest BCUT2D eigenvalue weighted by atomic mass is 9.98. The van der Waals surface area contributed by atoms with Crippen LogP contribution in [0.1, 0.15) is 39.0 Å². The molecule has 94 valence electrons. The van der Waals surface area contributed by atoms with Crippen molar-refractivity contribution in [2.45, 2.75) is 44.6 Å². The Hall–Kier alpha value is -0.120. The van der Waals surface area contributed by atoms with Crippen molar-refractivity contribution < 1.29 is 0 Å². The quantitative estimate of drug-likeness (QED) is 0.782. The van der Waals surface area contributed by atoms with Crippen molar-refractivity contribution in [1.82, 2.24) is 9.80 Å². The van der Waals surface area contributed by atoms with E-state index in [1.807, 2.05) is 0 Å². The predicted octanol–water partition coefficient (Wildman–Crippen LogP) is 1.29. The Morgan fingerprint density at radius 1 is 1.00 bits per heavy atom. The summed E-state index contributed by atoms with van der Waals surface area (Å²) in [4.78, 5) is 5.16. The minimum atomic E-state index is 0.146. The average molecular weight is 225 g/mol. The highest BCUT2D eigenvalue weighted by molar-refractivity contribution is 4.92. The van der Waals surface area contributed by atoms with E-state index in [-0.39, 0.29) is 5.54 Å². The Labute approximate surface area is 100.0 Å². The summed E-state index contributed by atoms with van der Waals surface area (Å²) in [6.07, 6.45) is 6.43. The van der Waals surface area contributed by atoms with Gasteiger partial charge in [0.25, 0.3) is 0 Å². The molecule has 2 N–H and O–H groups in total. The Bertz CT molecular complexity index is 203. The van der Waals surface area contributed by atoms with E-state index in [4.69, 9.17) is 5.73 Å². The van der Waals surface area contributed by atoms with Gasteiger partial charge in [-0.15, -0.1) is 0 Å². The van der Waals surface area contributed by atoms with Crippen LogP contribution >= 0.6 is 0 Å². The normalized spacial score (nSPS) is 27.4. The summed E-state index contributed by atoms with van der Waals surface area (Å²) in [5.74, 6) is 0. The molecule has 0 amide bonds. The van der Waals surface area contributed by atoms with Crippen molar-refractivity contribution in [3.63, 3.8) is 0 Å². The van der Waals surface area contributed by atoms with Crippen LogP contribution in [0.3, 0.4) is 0 Å². The SMILES string of the molecule is CCCN1CCN(CC2(N)CCCC2)CC1. The standard InChI is InChI=1S/C13H27N3/c1-2-7-15-8-10-16(11-9-15)12-13(14)5-3-4-6-13/h2-12,14H2,1H3. The largest absolute Gasteiger partial charge is 0.324 e. The highest BCUT2D eigenvalue weighted by Gasteiger charge is 2.32. The van der Waals surface area contributed by atoms with Crippen LogP contribution in [0.4, 0.5) is 0 Å². The highest BCUT2D eigenvalue weighted by Crippen LogP contribution is 2.28. The van der Waals surface area contributed by atoms with Crippen molar-refractivity contribution in [1.29, 1.82) is 0 Å². The van der Waals surface area contributed by atoms with Crippen molar-refractivity contribution in [3.05, 3.63) is 0 Å². The Morgan fingerprint density at radius 2 is 1.56 bits per heavy atom. The summed E-state index contributed by atoms with van der Waals surface area (Å²) in [6.45, 7) is 9.58. The Kier molecular flexibility index (Phi) is 4.22. The average Bonchev–Trinajstić information content (AvgIpc) is 2.68. The Balaban J connectivity index is 1.72. The highest BCUT2D eigenvalue weighted by atomic mass is 15.3. The minimum absolute atomic E-state index is 0.146. The molecule has 1 saturated heterocycles. The maximum Gasteiger partial charge on any atom is 0.0283 e. The third kappa shape index (κ3) is 3.19. The molecule has 1 aliphatic carbocycles. The van der Waals surface area contributed by atoms with Crippen LogP contribution in [0.15, 0.2) is 0 Å². The molecular weight excluding hydrogens is 198 g/mol. The number of hydrogen-bond acceptors (Lipinski definition) is 3. The number of nitrogens with two attached hydrogens (primary N) is 1. The molecule has 0 aromatic rings. The van der Waals surface area contributed by atoms with E-state index in [2.05, 4.69) is 16.7 Å². The molecule has 2 fully saturated rings. The first kappa shape index (κ1) is 12.3. The number of piperazine rings is 1. The van der Waals surface area contributed by atoms with Gasteiger partial charge in [-0.3, -0.25) is 4.90 Å². The number of hydrogen-bond donors (Lipinski definition) is 1. The lowest BCUT2D eigenvalue weighted by Crippen LogP contribution is -2.54. The van der Waals surface area contributed by atoms with Gasteiger partial charge in [0.2, 0.25) is 0 Å². The molecule has 1 heterocycles. The van der Waals surface area contributed by atoms with Gasteiger partial charge in [0.15, 0.2) is 0 Å². The lowest BCUT2D eigenvalue weighted by Gasteiger charge is -2.38. The van der Waals surface area contributed by atoms with Crippen LogP contribution in [-0.4, -0.2) is 54.6 Å². The van der Waals surface area contributed by atoms with E-state index in [0.717, 1.165) is 6.54 Å². The second-order valence-corrected chi connectivity index (χ2v) is 5.69. The molecule has 0 radical (unpaired) electrons. The van der Waals surface area contributed by atoms with E-state index in [9.17, 15) is 0 Å². The molecule has 2 aliphatic rings. The smallest absolute Gasteiger partial charge is 0.0283 e. The zero-order valence-electron chi connectivity index (χ0n) is 10.7. The molecule has 3 nitrogen and oxygen atoms in total. The first-order valence-electron chi connectivity index (χ1n) is 6.95. The van der Waals surface area contributed by atoms with Gasteiger partial charge in [-0.05, 0) is 25.8 Å². The van der Waals surface area contributed by atoms with E-state index in [0.29, 0.717) is 0 Å². The molecule has 0 atom stereocenters. The lowest BCUT2D eigenvalue weighted by molar-refractivity contribution is 0.111. The van der Waals surface area contributed by atoms with E-state index >= 15 is 0 Å². The summed E-state index contributed by atoms with van der Waals surface area (Å²) in [7, 11) is 0. The second-order valence-electron chi connectivity index (χ2n) is 5.69. The molecule has 3 heteroatoms. The molecule has 0 spiro atoms. The van der Waals surface area contributed by atoms with Gasteiger partial charge in [-0.1, -0.05) is 19.8 Å². The fraction of sp³-hybridized carbons (Fsp3) is 1.00. The molecular formula is C13H27N3. The molecule has 0 unspecified atom stereocenters. The number of nitrogens with zero attached hydrogens (tertiary/aromatic N) is 2. The Morgan fingerprint density at radius 3 is 2.12 bits per heavy atom. The van der Waals surface area contributed by atoms with Crippen LogP contribution in [-0.2, 0) is 0 Å². The minimum Gasteiger partial charge on any atom is -0.324 e. The van der Waals surface area contributed by atoms with Crippen LogP contribution in [0.5, 0.6) is 0 Å². The third-order valence-electron chi connectivity index (χ3n) is 4.14.